The van der Waals surface area contributed by atoms with Crippen LogP contribution in [0.25, 0.3) is 0 Å². The lowest BCUT2D eigenvalue weighted by Crippen LogP contribution is -2.40. The molecule has 1 aromatic carbocycles. The predicted molar refractivity (Wildman–Crippen MR) is 81.4 cm³/mol. The molecule has 110 valence electrons. The van der Waals surface area contributed by atoms with Gasteiger partial charge in [0.1, 0.15) is 0 Å². The molecule has 0 radical (unpaired) electrons. The van der Waals surface area contributed by atoms with E-state index in [1.807, 2.05) is 30.3 Å². The van der Waals surface area contributed by atoms with Gasteiger partial charge >= 0.3 is 0 Å². The maximum Gasteiger partial charge on any atom is 0.234 e. The van der Waals surface area contributed by atoms with E-state index in [2.05, 4.69) is 22.9 Å². The minimum atomic E-state index is 0.0556. The third kappa shape index (κ3) is 5.31. The number of hydrogen-bond acceptors (Lipinski definition) is 3. The fourth-order valence-corrected chi connectivity index (χ4v) is 2.59. The number of nitrogens with one attached hydrogen (secondary N) is 3. The highest BCUT2D eigenvalue weighted by atomic mass is 16.1. The summed E-state index contributed by atoms with van der Waals surface area (Å²) in [7, 11) is 0. The first kappa shape index (κ1) is 15.0. The Labute approximate surface area is 121 Å². The van der Waals surface area contributed by atoms with E-state index in [1.165, 1.54) is 12.8 Å². The zero-order chi connectivity index (χ0) is 14.2. The average molecular weight is 275 g/mol. The van der Waals surface area contributed by atoms with Gasteiger partial charge in [-0.15, -0.1) is 0 Å². The minimum absolute atomic E-state index is 0.0556. The molecule has 0 aliphatic carbocycles. The molecular formula is C16H25N3O. The molecule has 3 N–H and O–H groups in total. The first-order valence-electron chi connectivity index (χ1n) is 7.51. The number of rotatable bonds is 7. The van der Waals surface area contributed by atoms with Gasteiger partial charge in [-0.1, -0.05) is 30.3 Å². The summed E-state index contributed by atoms with van der Waals surface area (Å²) in [6.07, 6.45) is 3.62. The van der Waals surface area contributed by atoms with Crippen molar-refractivity contribution in [3.8, 4) is 0 Å². The molecule has 1 aromatic rings. The average Bonchev–Trinajstić information content (AvgIpc) is 2.97. The highest BCUT2D eigenvalue weighted by molar-refractivity contribution is 5.77. The van der Waals surface area contributed by atoms with Gasteiger partial charge in [0.2, 0.25) is 5.91 Å². The lowest BCUT2D eigenvalue weighted by molar-refractivity contribution is -0.120. The van der Waals surface area contributed by atoms with Crippen molar-refractivity contribution < 1.29 is 4.79 Å². The monoisotopic (exact) mass is 275 g/mol. The topological polar surface area (TPSA) is 53.2 Å². The van der Waals surface area contributed by atoms with Crippen molar-refractivity contribution in [1.29, 1.82) is 0 Å². The van der Waals surface area contributed by atoms with E-state index in [4.69, 9.17) is 0 Å². The Morgan fingerprint density at radius 2 is 2.20 bits per heavy atom. The molecule has 0 aromatic heterocycles. The van der Waals surface area contributed by atoms with Gasteiger partial charge in [0.05, 0.1) is 6.54 Å². The second-order valence-electron chi connectivity index (χ2n) is 5.57. The van der Waals surface area contributed by atoms with Gasteiger partial charge in [0, 0.05) is 18.6 Å². The molecule has 1 aliphatic rings. The third-order valence-corrected chi connectivity index (χ3v) is 3.74. The van der Waals surface area contributed by atoms with Crippen LogP contribution < -0.4 is 16.0 Å². The summed E-state index contributed by atoms with van der Waals surface area (Å²) < 4.78 is 0. The SMILES string of the molecule is CC(CC1CCCN1)NCC(=O)NCc1ccccc1. The van der Waals surface area contributed by atoms with Gasteiger partial charge in [-0.3, -0.25) is 4.79 Å². The zero-order valence-electron chi connectivity index (χ0n) is 12.2. The van der Waals surface area contributed by atoms with Gasteiger partial charge in [-0.2, -0.15) is 0 Å². The maximum atomic E-state index is 11.8. The molecule has 4 heteroatoms. The van der Waals surface area contributed by atoms with Crippen LogP contribution in [0, 0.1) is 0 Å². The van der Waals surface area contributed by atoms with Gasteiger partial charge in [-0.25, -0.2) is 0 Å². The number of carbonyl (C=O) groups excluding carboxylic acids is 1. The Bertz CT molecular complexity index is 401. The molecule has 1 aliphatic heterocycles. The van der Waals surface area contributed by atoms with Crippen molar-refractivity contribution >= 4 is 5.91 Å². The molecule has 0 spiro atoms. The Kier molecular flexibility index (Phi) is 6.02. The maximum absolute atomic E-state index is 11.8. The van der Waals surface area contributed by atoms with E-state index in [0.29, 0.717) is 25.2 Å². The number of amides is 1. The molecule has 2 unspecified atom stereocenters. The van der Waals surface area contributed by atoms with Crippen LogP contribution in [-0.2, 0) is 11.3 Å². The van der Waals surface area contributed by atoms with Crippen molar-refractivity contribution in [3.05, 3.63) is 35.9 Å². The quantitative estimate of drug-likeness (QED) is 0.705. The number of carbonyl (C=O) groups is 1. The van der Waals surface area contributed by atoms with Gasteiger partial charge in [0.25, 0.3) is 0 Å². The second kappa shape index (κ2) is 8.02. The molecule has 4 nitrogen and oxygen atoms in total. The Balaban J connectivity index is 1.59. The largest absolute Gasteiger partial charge is 0.351 e. The van der Waals surface area contributed by atoms with E-state index >= 15 is 0 Å². The van der Waals surface area contributed by atoms with Crippen LogP contribution in [0.15, 0.2) is 30.3 Å². The van der Waals surface area contributed by atoms with E-state index in [-0.39, 0.29) is 5.91 Å². The van der Waals surface area contributed by atoms with E-state index in [9.17, 15) is 4.79 Å². The fourth-order valence-electron chi connectivity index (χ4n) is 2.59. The van der Waals surface area contributed by atoms with E-state index in [1.54, 1.807) is 0 Å². The van der Waals surface area contributed by atoms with Crippen molar-refractivity contribution in [2.75, 3.05) is 13.1 Å². The standard InChI is InChI=1S/C16H25N3O/c1-13(10-15-8-5-9-17-15)18-12-16(20)19-11-14-6-3-2-4-7-14/h2-4,6-7,13,15,17-18H,5,8-12H2,1H3,(H,19,20). The molecule has 1 heterocycles. The number of benzene rings is 1. The summed E-state index contributed by atoms with van der Waals surface area (Å²) in [5.74, 6) is 0.0556. The van der Waals surface area contributed by atoms with Crippen molar-refractivity contribution in [1.82, 2.24) is 16.0 Å². The first-order chi connectivity index (χ1) is 9.74. The van der Waals surface area contributed by atoms with Crippen LogP contribution in [-0.4, -0.2) is 31.1 Å². The summed E-state index contributed by atoms with van der Waals surface area (Å²) >= 11 is 0. The van der Waals surface area contributed by atoms with Crippen LogP contribution in [0.2, 0.25) is 0 Å². The molecule has 1 saturated heterocycles. The first-order valence-corrected chi connectivity index (χ1v) is 7.51. The molecule has 0 saturated carbocycles. The third-order valence-electron chi connectivity index (χ3n) is 3.74. The second-order valence-corrected chi connectivity index (χ2v) is 5.57. The Hall–Kier alpha value is -1.39. The summed E-state index contributed by atoms with van der Waals surface area (Å²) in [6.45, 7) is 4.26. The Morgan fingerprint density at radius 3 is 2.90 bits per heavy atom. The summed E-state index contributed by atoms with van der Waals surface area (Å²) in [4.78, 5) is 11.8. The van der Waals surface area contributed by atoms with Crippen molar-refractivity contribution in [3.63, 3.8) is 0 Å². The van der Waals surface area contributed by atoms with Crippen LogP contribution in [0.4, 0.5) is 0 Å². The van der Waals surface area contributed by atoms with Crippen molar-refractivity contribution in [2.45, 2.75) is 44.8 Å². The fraction of sp³-hybridized carbons (Fsp3) is 0.562. The predicted octanol–water partition coefficient (Wildman–Crippen LogP) is 1.42. The number of hydrogen-bond donors (Lipinski definition) is 3. The highest BCUT2D eigenvalue weighted by Gasteiger charge is 2.17. The van der Waals surface area contributed by atoms with Gasteiger partial charge in [-0.05, 0) is 38.3 Å². The smallest absolute Gasteiger partial charge is 0.234 e. The molecule has 1 amide bonds. The molecule has 1 fully saturated rings. The van der Waals surface area contributed by atoms with E-state index in [0.717, 1.165) is 18.5 Å². The van der Waals surface area contributed by atoms with Gasteiger partial charge < -0.3 is 16.0 Å². The molecule has 0 bridgehead atoms. The van der Waals surface area contributed by atoms with Crippen LogP contribution in [0.3, 0.4) is 0 Å². The van der Waals surface area contributed by atoms with Crippen molar-refractivity contribution in [2.24, 2.45) is 0 Å². The van der Waals surface area contributed by atoms with Gasteiger partial charge in [0.15, 0.2) is 0 Å². The van der Waals surface area contributed by atoms with E-state index < -0.39 is 0 Å². The molecular weight excluding hydrogens is 250 g/mol. The normalized spacial score (nSPS) is 19.8. The van der Waals surface area contributed by atoms with Crippen LogP contribution in [0.1, 0.15) is 31.7 Å². The lowest BCUT2D eigenvalue weighted by atomic mass is 10.1. The summed E-state index contributed by atoms with van der Waals surface area (Å²) in [6, 6.07) is 11.0. The molecule has 2 rings (SSSR count). The lowest BCUT2D eigenvalue weighted by Gasteiger charge is -2.18. The Morgan fingerprint density at radius 1 is 1.40 bits per heavy atom. The summed E-state index contributed by atoms with van der Waals surface area (Å²) in [5, 5.41) is 9.71. The zero-order valence-corrected chi connectivity index (χ0v) is 12.2. The van der Waals surface area contributed by atoms with Crippen LogP contribution in [0.5, 0.6) is 0 Å². The highest BCUT2D eigenvalue weighted by Crippen LogP contribution is 2.10. The minimum Gasteiger partial charge on any atom is -0.351 e. The van der Waals surface area contributed by atoms with Crippen LogP contribution >= 0.6 is 0 Å². The molecule has 2 atom stereocenters. The molecule has 20 heavy (non-hydrogen) atoms. The summed E-state index contributed by atoms with van der Waals surface area (Å²) in [5.41, 5.74) is 1.13.